The second-order valence-electron chi connectivity index (χ2n) is 4.72. The van der Waals surface area contributed by atoms with Gasteiger partial charge in [0, 0.05) is 30.9 Å². The van der Waals surface area contributed by atoms with Gasteiger partial charge >= 0.3 is 6.18 Å². The molecular formula is C18H15F3O2. The molecule has 0 amide bonds. The zero-order valence-corrected chi connectivity index (χ0v) is 12.6. The minimum Gasteiger partial charge on any atom is -0.352 e. The van der Waals surface area contributed by atoms with Crippen LogP contribution in [-0.4, -0.2) is 14.2 Å². The molecule has 0 aliphatic heterocycles. The van der Waals surface area contributed by atoms with Crippen molar-refractivity contribution in [2.24, 2.45) is 0 Å². The van der Waals surface area contributed by atoms with E-state index >= 15 is 0 Å². The van der Waals surface area contributed by atoms with E-state index in [4.69, 9.17) is 9.47 Å². The molecule has 0 bridgehead atoms. The predicted molar refractivity (Wildman–Crippen MR) is 80.6 cm³/mol. The fraction of sp³-hybridized carbons (Fsp3) is 0.222. The Morgan fingerprint density at radius 2 is 1.57 bits per heavy atom. The van der Waals surface area contributed by atoms with E-state index in [1.54, 1.807) is 12.1 Å². The molecule has 0 atom stereocenters. The van der Waals surface area contributed by atoms with Crippen LogP contribution in [0.3, 0.4) is 0 Å². The molecule has 2 rings (SSSR count). The molecule has 0 aliphatic rings. The minimum absolute atomic E-state index is 0.220. The fourth-order valence-electron chi connectivity index (χ4n) is 2.06. The predicted octanol–water partition coefficient (Wildman–Crippen LogP) is 4.40. The summed E-state index contributed by atoms with van der Waals surface area (Å²) >= 11 is 0. The van der Waals surface area contributed by atoms with Crippen molar-refractivity contribution < 1.29 is 22.6 Å². The maximum Gasteiger partial charge on any atom is 0.416 e. The second kappa shape index (κ2) is 7.32. The maximum atomic E-state index is 12.9. The lowest BCUT2D eigenvalue weighted by atomic mass is 10.0. The summed E-state index contributed by atoms with van der Waals surface area (Å²) in [5.74, 6) is 5.64. The number of hydrogen-bond donors (Lipinski definition) is 0. The highest BCUT2D eigenvalue weighted by atomic mass is 19.4. The Kier molecular flexibility index (Phi) is 5.43. The third-order valence-corrected chi connectivity index (χ3v) is 3.18. The summed E-state index contributed by atoms with van der Waals surface area (Å²) in [6, 6.07) is 12.4. The number of ether oxygens (including phenoxy) is 2. The number of benzene rings is 2. The van der Waals surface area contributed by atoms with Crippen LogP contribution in [0.1, 0.15) is 28.5 Å². The lowest BCUT2D eigenvalue weighted by Gasteiger charge is -2.17. The molecule has 0 saturated heterocycles. The van der Waals surface area contributed by atoms with Gasteiger partial charge in [-0.15, -0.1) is 0 Å². The molecule has 0 saturated carbocycles. The molecule has 2 aromatic rings. The Morgan fingerprint density at radius 3 is 2.13 bits per heavy atom. The Bertz CT molecular complexity index is 709. The highest BCUT2D eigenvalue weighted by Gasteiger charge is 2.31. The third-order valence-electron chi connectivity index (χ3n) is 3.18. The van der Waals surface area contributed by atoms with E-state index in [9.17, 15) is 13.2 Å². The third kappa shape index (κ3) is 4.35. The van der Waals surface area contributed by atoms with Crippen molar-refractivity contribution in [3.05, 3.63) is 70.8 Å². The molecule has 5 heteroatoms. The van der Waals surface area contributed by atoms with E-state index in [2.05, 4.69) is 11.8 Å². The van der Waals surface area contributed by atoms with Gasteiger partial charge in [-0.1, -0.05) is 36.1 Å². The van der Waals surface area contributed by atoms with Crippen LogP contribution < -0.4 is 0 Å². The van der Waals surface area contributed by atoms with Crippen LogP contribution in [0, 0.1) is 11.8 Å². The van der Waals surface area contributed by atoms with E-state index < -0.39 is 18.0 Å². The zero-order valence-electron chi connectivity index (χ0n) is 12.6. The van der Waals surface area contributed by atoms with Crippen molar-refractivity contribution in [3.8, 4) is 11.8 Å². The van der Waals surface area contributed by atoms with E-state index in [1.165, 1.54) is 20.3 Å². The smallest absolute Gasteiger partial charge is 0.352 e. The largest absolute Gasteiger partial charge is 0.416 e. The van der Waals surface area contributed by atoms with E-state index in [0.29, 0.717) is 11.1 Å². The van der Waals surface area contributed by atoms with Gasteiger partial charge in [0.1, 0.15) is 0 Å². The van der Waals surface area contributed by atoms with Crippen LogP contribution in [0.15, 0.2) is 48.5 Å². The zero-order chi connectivity index (χ0) is 16.9. The lowest BCUT2D eigenvalue weighted by molar-refractivity contribution is -0.137. The van der Waals surface area contributed by atoms with Gasteiger partial charge in [0.15, 0.2) is 6.29 Å². The Hall–Kier alpha value is -2.29. The molecule has 2 nitrogen and oxygen atoms in total. The average Bonchev–Trinajstić information content (AvgIpc) is 2.55. The first-order valence-corrected chi connectivity index (χ1v) is 6.79. The summed E-state index contributed by atoms with van der Waals surface area (Å²) in [7, 11) is 2.83. The quantitative estimate of drug-likeness (QED) is 0.616. The van der Waals surface area contributed by atoms with Crippen LogP contribution >= 0.6 is 0 Å². The molecular weight excluding hydrogens is 305 g/mol. The van der Waals surface area contributed by atoms with Gasteiger partial charge in [-0.25, -0.2) is 0 Å². The number of hydrogen-bond acceptors (Lipinski definition) is 2. The number of halogens is 3. The molecule has 0 radical (unpaired) electrons. The molecule has 0 spiro atoms. The molecule has 120 valence electrons. The van der Waals surface area contributed by atoms with Crippen LogP contribution in [-0.2, 0) is 15.7 Å². The van der Waals surface area contributed by atoms with Gasteiger partial charge in [0.25, 0.3) is 0 Å². The summed E-state index contributed by atoms with van der Waals surface area (Å²) < 4.78 is 49.0. The highest BCUT2D eigenvalue weighted by molar-refractivity contribution is 5.49. The molecule has 0 aromatic heterocycles. The highest BCUT2D eigenvalue weighted by Crippen LogP contribution is 2.32. The van der Waals surface area contributed by atoms with Crippen molar-refractivity contribution in [1.29, 1.82) is 0 Å². The molecule has 0 aliphatic carbocycles. The fourth-order valence-corrected chi connectivity index (χ4v) is 2.06. The molecule has 0 heterocycles. The molecule has 0 fully saturated rings. The van der Waals surface area contributed by atoms with E-state index in [1.807, 2.05) is 18.2 Å². The van der Waals surface area contributed by atoms with E-state index in [-0.39, 0.29) is 5.56 Å². The Labute approximate surface area is 132 Å². The van der Waals surface area contributed by atoms with Gasteiger partial charge in [-0.05, 0) is 24.3 Å². The first-order valence-electron chi connectivity index (χ1n) is 6.79. The van der Waals surface area contributed by atoms with Crippen LogP contribution in [0.25, 0.3) is 0 Å². The second-order valence-corrected chi connectivity index (χ2v) is 4.72. The molecule has 23 heavy (non-hydrogen) atoms. The molecule has 0 unspecified atom stereocenters. The van der Waals surface area contributed by atoms with Crippen LogP contribution in [0.5, 0.6) is 0 Å². The first kappa shape index (κ1) is 17.1. The topological polar surface area (TPSA) is 18.5 Å². The van der Waals surface area contributed by atoms with Crippen molar-refractivity contribution in [3.63, 3.8) is 0 Å². The van der Waals surface area contributed by atoms with Crippen molar-refractivity contribution in [2.75, 3.05) is 14.2 Å². The van der Waals surface area contributed by atoms with Gasteiger partial charge in [0.05, 0.1) is 5.56 Å². The van der Waals surface area contributed by atoms with Crippen LogP contribution in [0.4, 0.5) is 13.2 Å². The molecule has 2 aromatic carbocycles. The Balaban J connectivity index is 2.51. The Morgan fingerprint density at radius 1 is 0.913 bits per heavy atom. The van der Waals surface area contributed by atoms with Crippen molar-refractivity contribution in [1.82, 2.24) is 0 Å². The summed E-state index contributed by atoms with van der Waals surface area (Å²) in [4.78, 5) is 0. The maximum absolute atomic E-state index is 12.9. The first-order chi connectivity index (χ1) is 11.0. The summed E-state index contributed by atoms with van der Waals surface area (Å²) in [5, 5.41) is 0. The SMILES string of the molecule is COC(OC)c1ccc(C(F)(F)F)cc1C#Cc1ccccc1. The summed E-state index contributed by atoms with van der Waals surface area (Å²) in [6.45, 7) is 0. The van der Waals surface area contributed by atoms with Gasteiger partial charge < -0.3 is 9.47 Å². The van der Waals surface area contributed by atoms with Gasteiger partial charge in [-0.3, -0.25) is 0 Å². The summed E-state index contributed by atoms with van der Waals surface area (Å²) in [6.07, 6.45) is -5.21. The number of alkyl halides is 3. The number of rotatable bonds is 3. The van der Waals surface area contributed by atoms with Gasteiger partial charge in [-0.2, -0.15) is 13.2 Å². The normalized spacial score (nSPS) is 11.2. The van der Waals surface area contributed by atoms with Crippen molar-refractivity contribution >= 4 is 0 Å². The van der Waals surface area contributed by atoms with Crippen LogP contribution in [0.2, 0.25) is 0 Å². The standard InChI is InChI=1S/C18H15F3O2/c1-22-17(23-2)16-11-10-15(18(19,20)21)12-14(16)9-8-13-6-4-3-5-7-13/h3-7,10-12,17H,1-2H3. The number of methoxy groups -OCH3 is 2. The van der Waals surface area contributed by atoms with Crippen molar-refractivity contribution in [2.45, 2.75) is 12.5 Å². The molecule has 0 N–H and O–H groups in total. The van der Waals surface area contributed by atoms with E-state index in [0.717, 1.165) is 12.1 Å². The summed E-state index contributed by atoms with van der Waals surface area (Å²) in [5.41, 5.74) is 0.621. The lowest BCUT2D eigenvalue weighted by Crippen LogP contribution is -2.10. The van der Waals surface area contributed by atoms with Gasteiger partial charge in [0.2, 0.25) is 0 Å². The minimum atomic E-state index is -4.43. The monoisotopic (exact) mass is 320 g/mol. The average molecular weight is 320 g/mol.